The second-order valence-corrected chi connectivity index (χ2v) is 2.79. The number of unbranched alkanes of at least 4 members (excludes halogenated alkanes) is 1. The van der Waals surface area contributed by atoms with Crippen LogP contribution in [-0.4, -0.2) is 17.1 Å². The highest BCUT2D eigenvalue weighted by Crippen LogP contribution is 2.26. The summed E-state index contributed by atoms with van der Waals surface area (Å²) in [5.74, 6) is -2.88. The number of rotatable bonds is 5. The largest absolute Gasteiger partial charge is 0.387 e. The SMILES string of the molecule is CCCCC(F)(F)C(O)CC. The van der Waals surface area contributed by atoms with Crippen LogP contribution in [0.1, 0.15) is 39.5 Å². The lowest BCUT2D eigenvalue weighted by atomic mass is 10.0. The molecule has 0 bridgehead atoms. The Balaban J connectivity index is 3.77. The van der Waals surface area contributed by atoms with E-state index < -0.39 is 12.0 Å². The van der Waals surface area contributed by atoms with Crippen LogP contribution in [0.15, 0.2) is 0 Å². The van der Waals surface area contributed by atoms with Gasteiger partial charge in [0, 0.05) is 6.42 Å². The number of halogens is 2. The average Bonchev–Trinajstić information content (AvgIpc) is 1.99. The number of aliphatic hydroxyl groups is 1. The van der Waals surface area contributed by atoms with Crippen molar-refractivity contribution >= 4 is 0 Å². The van der Waals surface area contributed by atoms with Gasteiger partial charge in [-0.15, -0.1) is 0 Å². The average molecular weight is 166 g/mol. The predicted octanol–water partition coefficient (Wildman–Crippen LogP) is 2.58. The number of aliphatic hydroxyl groups excluding tert-OH is 1. The van der Waals surface area contributed by atoms with Crippen LogP contribution >= 0.6 is 0 Å². The molecule has 0 radical (unpaired) electrons. The second-order valence-electron chi connectivity index (χ2n) is 2.79. The van der Waals surface area contributed by atoms with Crippen molar-refractivity contribution in [2.24, 2.45) is 0 Å². The van der Waals surface area contributed by atoms with Gasteiger partial charge in [-0.1, -0.05) is 20.3 Å². The molecule has 0 aliphatic heterocycles. The van der Waals surface area contributed by atoms with E-state index in [-0.39, 0.29) is 12.8 Å². The van der Waals surface area contributed by atoms with E-state index in [0.29, 0.717) is 6.42 Å². The number of hydrogen-bond donors (Lipinski definition) is 1. The standard InChI is InChI=1S/C8H16F2O/c1-3-5-6-8(9,10)7(11)4-2/h7,11H,3-6H2,1-2H3. The lowest BCUT2D eigenvalue weighted by Crippen LogP contribution is -2.32. The van der Waals surface area contributed by atoms with Crippen molar-refractivity contribution in [1.29, 1.82) is 0 Å². The van der Waals surface area contributed by atoms with Gasteiger partial charge in [0.15, 0.2) is 0 Å². The Morgan fingerprint density at radius 2 is 1.91 bits per heavy atom. The highest BCUT2D eigenvalue weighted by atomic mass is 19.3. The van der Waals surface area contributed by atoms with E-state index in [1.807, 2.05) is 6.92 Å². The van der Waals surface area contributed by atoms with Crippen LogP contribution in [0.2, 0.25) is 0 Å². The molecule has 3 heteroatoms. The first-order valence-electron chi connectivity index (χ1n) is 4.10. The third kappa shape index (κ3) is 3.65. The van der Waals surface area contributed by atoms with Gasteiger partial charge in [0.05, 0.1) is 0 Å². The summed E-state index contributed by atoms with van der Waals surface area (Å²) < 4.78 is 25.5. The summed E-state index contributed by atoms with van der Waals surface area (Å²) >= 11 is 0. The topological polar surface area (TPSA) is 20.2 Å². The molecular weight excluding hydrogens is 150 g/mol. The van der Waals surface area contributed by atoms with Crippen LogP contribution in [-0.2, 0) is 0 Å². The molecule has 0 amide bonds. The van der Waals surface area contributed by atoms with Crippen LogP contribution in [0.3, 0.4) is 0 Å². The molecule has 0 aromatic heterocycles. The first-order valence-corrected chi connectivity index (χ1v) is 4.10. The van der Waals surface area contributed by atoms with Crippen LogP contribution < -0.4 is 0 Å². The van der Waals surface area contributed by atoms with Gasteiger partial charge in [-0.2, -0.15) is 0 Å². The Hall–Kier alpha value is -0.180. The Morgan fingerprint density at radius 3 is 2.27 bits per heavy atom. The van der Waals surface area contributed by atoms with Crippen LogP contribution in [0.4, 0.5) is 8.78 Å². The molecule has 11 heavy (non-hydrogen) atoms. The molecule has 1 N–H and O–H groups in total. The zero-order valence-electron chi connectivity index (χ0n) is 7.11. The van der Waals surface area contributed by atoms with Crippen molar-refractivity contribution in [2.75, 3.05) is 0 Å². The number of hydrogen-bond acceptors (Lipinski definition) is 1. The molecule has 0 aliphatic carbocycles. The smallest absolute Gasteiger partial charge is 0.273 e. The summed E-state index contributed by atoms with van der Waals surface area (Å²) in [4.78, 5) is 0. The van der Waals surface area contributed by atoms with Gasteiger partial charge < -0.3 is 5.11 Å². The molecular formula is C8H16F2O. The minimum absolute atomic E-state index is 0.122. The van der Waals surface area contributed by atoms with Gasteiger partial charge in [-0.25, -0.2) is 8.78 Å². The minimum atomic E-state index is -2.88. The van der Waals surface area contributed by atoms with Crippen molar-refractivity contribution in [2.45, 2.75) is 51.6 Å². The fourth-order valence-electron chi connectivity index (χ4n) is 0.878. The van der Waals surface area contributed by atoms with E-state index in [2.05, 4.69) is 0 Å². The van der Waals surface area contributed by atoms with Gasteiger partial charge in [-0.05, 0) is 12.8 Å². The first-order chi connectivity index (χ1) is 5.04. The van der Waals surface area contributed by atoms with Crippen molar-refractivity contribution < 1.29 is 13.9 Å². The van der Waals surface area contributed by atoms with Gasteiger partial charge in [0.25, 0.3) is 5.92 Å². The molecule has 1 unspecified atom stereocenters. The minimum Gasteiger partial charge on any atom is -0.387 e. The summed E-state index contributed by atoms with van der Waals surface area (Å²) in [7, 11) is 0. The lowest BCUT2D eigenvalue weighted by Gasteiger charge is -2.20. The van der Waals surface area contributed by atoms with E-state index in [9.17, 15) is 8.78 Å². The van der Waals surface area contributed by atoms with Gasteiger partial charge in [0.2, 0.25) is 0 Å². The van der Waals surface area contributed by atoms with E-state index in [0.717, 1.165) is 6.42 Å². The zero-order chi connectivity index (χ0) is 8.91. The molecule has 0 aromatic carbocycles. The number of alkyl halides is 2. The molecule has 0 saturated heterocycles. The monoisotopic (exact) mass is 166 g/mol. The fourth-order valence-corrected chi connectivity index (χ4v) is 0.878. The molecule has 0 aromatic rings. The Bertz CT molecular complexity index is 104. The maximum atomic E-state index is 12.8. The van der Waals surface area contributed by atoms with Crippen LogP contribution in [0.25, 0.3) is 0 Å². The molecule has 0 rings (SSSR count). The Kier molecular flexibility index (Phi) is 4.57. The molecule has 0 spiro atoms. The fraction of sp³-hybridized carbons (Fsp3) is 1.00. The van der Waals surface area contributed by atoms with Crippen molar-refractivity contribution in [3.63, 3.8) is 0 Å². The lowest BCUT2D eigenvalue weighted by molar-refractivity contribution is -0.115. The van der Waals surface area contributed by atoms with Gasteiger partial charge in [0.1, 0.15) is 6.10 Å². The summed E-state index contributed by atoms with van der Waals surface area (Å²) in [5, 5.41) is 8.86. The molecule has 0 fully saturated rings. The zero-order valence-corrected chi connectivity index (χ0v) is 7.11. The first kappa shape index (κ1) is 10.8. The summed E-state index contributed by atoms with van der Waals surface area (Å²) in [6.07, 6.45) is -0.320. The van der Waals surface area contributed by atoms with Crippen molar-refractivity contribution in [3.05, 3.63) is 0 Å². The van der Waals surface area contributed by atoms with Crippen molar-refractivity contribution in [1.82, 2.24) is 0 Å². The second kappa shape index (κ2) is 4.65. The molecule has 0 heterocycles. The van der Waals surface area contributed by atoms with E-state index in [1.165, 1.54) is 0 Å². The summed E-state index contributed by atoms with van der Waals surface area (Å²) in [6.45, 7) is 3.42. The molecule has 1 nitrogen and oxygen atoms in total. The summed E-state index contributed by atoms with van der Waals surface area (Å²) in [6, 6.07) is 0. The molecule has 68 valence electrons. The van der Waals surface area contributed by atoms with E-state index >= 15 is 0 Å². The highest BCUT2D eigenvalue weighted by Gasteiger charge is 2.35. The maximum Gasteiger partial charge on any atom is 0.273 e. The molecule has 0 saturated carbocycles. The highest BCUT2D eigenvalue weighted by molar-refractivity contribution is 4.74. The van der Waals surface area contributed by atoms with Gasteiger partial charge >= 0.3 is 0 Å². The Morgan fingerprint density at radius 1 is 1.36 bits per heavy atom. The summed E-state index contributed by atoms with van der Waals surface area (Å²) in [5.41, 5.74) is 0. The Labute approximate surface area is 66.4 Å². The predicted molar refractivity (Wildman–Crippen MR) is 40.8 cm³/mol. The van der Waals surface area contributed by atoms with E-state index in [4.69, 9.17) is 5.11 Å². The van der Waals surface area contributed by atoms with Crippen LogP contribution in [0.5, 0.6) is 0 Å². The van der Waals surface area contributed by atoms with Crippen LogP contribution in [0, 0.1) is 0 Å². The third-order valence-electron chi connectivity index (χ3n) is 1.74. The normalized spacial score (nSPS) is 15.0. The molecule has 1 atom stereocenters. The maximum absolute atomic E-state index is 12.8. The van der Waals surface area contributed by atoms with Crippen molar-refractivity contribution in [3.8, 4) is 0 Å². The third-order valence-corrected chi connectivity index (χ3v) is 1.74. The quantitative estimate of drug-likeness (QED) is 0.665. The van der Waals surface area contributed by atoms with Gasteiger partial charge in [-0.3, -0.25) is 0 Å². The molecule has 0 aliphatic rings. The van der Waals surface area contributed by atoms with E-state index in [1.54, 1.807) is 6.92 Å².